The second-order valence-electron chi connectivity index (χ2n) is 6.65. The van der Waals surface area contributed by atoms with Crippen LogP contribution in [-0.2, 0) is 11.3 Å². The SMILES string of the molecule is C[C@H](NCc1nnc(C2CC2)o1)c1ccc(N2CCCC2=O)cc1. The van der Waals surface area contributed by atoms with E-state index in [9.17, 15) is 4.79 Å². The summed E-state index contributed by atoms with van der Waals surface area (Å²) in [7, 11) is 0. The molecule has 0 radical (unpaired) electrons. The lowest BCUT2D eigenvalue weighted by molar-refractivity contribution is -0.117. The number of benzene rings is 1. The second kappa shape index (κ2) is 6.36. The summed E-state index contributed by atoms with van der Waals surface area (Å²) in [6, 6.07) is 8.36. The van der Waals surface area contributed by atoms with Crippen molar-refractivity contribution in [1.29, 1.82) is 0 Å². The van der Waals surface area contributed by atoms with Gasteiger partial charge in [-0.3, -0.25) is 4.79 Å². The van der Waals surface area contributed by atoms with Crippen molar-refractivity contribution in [3.05, 3.63) is 41.6 Å². The van der Waals surface area contributed by atoms with Crippen molar-refractivity contribution >= 4 is 11.6 Å². The number of nitrogens with zero attached hydrogens (tertiary/aromatic N) is 3. The fourth-order valence-electron chi connectivity index (χ4n) is 3.06. The molecule has 1 atom stereocenters. The van der Waals surface area contributed by atoms with Gasteiger partial charge in [0, 0.05) is 30.6 Å². The van der Waals surface area contributed by atoms with Gasteiger partial charge in [0.05, 0.1) is 6.54 Å². The summed E-state index contributed by atoms with van der Waals surface area (Å²) in [4.78, 5) is 13.7. The van der Waals surface area contributed by atoms with Gasteiger partial charge in [0.25, 0.3) is 0 Å². The Kier molecular flexibility index (Phi) is 4.06. The predicted molar refractivity (Wildman–Crippen MR) is 89.6 cm³/mol. The van der Waals surface area contributed by atoms with Gasteiger partial charge in [0.1, 0.15) is 0 Å². The van der Waals surface area contributed by atoms with E-state index in [1.165, 1.54) is 5.56 Å². The minimum absolute atomic E-state index is 0.171. The van der Waals surface area contributed by atoms with Gasteiger partial charge in [-0.15, -0.1) is 10.2 Å². The second-order valence-corrected chi connectivity index (χ2v) is 6.65. The van der Waals surface area contributed by atoms with Crippen LogP contribution in [0.25, 0.3) is 0 Å². The van der Waals surface area contributed by atoms with Gasteiger partial charge in [0.15, 0.2) is 0 Å². The molecule has 1 aromatic carbocycles. The summed E-state index contributed by atoms with van der Waals surface area (Å²) in [5.74, 6) is 2.13. The number of nitrogens with one attached hydrogen (secondary N) is 1. The Bertz CT molecular complexity index is 721. The van der Waals surface area contributed by atoms with Crippen LogP contribution in [0.15, 0.2) is 28.7 Å². The molecular weight excluding hydrogens is 304 g/mol. The maximum atomic E-state index is 11.8. The van der Waals surface area contributed by atoms with Crippen molar-refractivity contribution in [2.45, 2.75) is 51.1 Å². The van der Waals surface area contributed by atoms with Crippen LogP contribution in [0.3, 0.4) is 0 Å². The Morgan fingerprint density at radius 1 is 1.29 bits per heavy atom. The number of hydrogen-bond donors (Lipinski definition) is 1. The van der Waals surface area contributed by atoms with Crippen LogP contribution in [0.1, 0.15) is 61.9 Å². The first-order chi connectivity index (χ1) is 11.7. The smallest absolute Gasteiger partial charge is 0.230 e. The Morgan fingerprint density at radius 2 is 2.08 bits per heavy atom. The zero-order valence-electron chi connectivity index (χ0n) is 13.9. The Balaban J connectivity index is 1.35. The predicted octanol–water partition coefficient (Wildman–Crippen LogP) is 2.92. The van der Waals surface area contributed by atoms with Crippen molar-refractivity contribution in [3.8, 4) is 0 Å². The van der Waals surface area contributed by atoms with E-state index in [2.05, 4.69) is 34.6 Å². The maximum absolute atomic E-state index is 11.8. The average Bonchev–Trinajstić information content (AvgIpc) is 3.19. The van der Waals surface area contributed by atoms with Gasteiger partial charge in [-0.2, -0.15) is 0 Å². The molecule has 6 heteroatoms. The molecule has 1 N–H and O–H groups in total. The largest absolute Gasteiger partial charge is 0.424 e. The molecule has 0 bridgehead atoms. The zero-order valence-corrected chi connectivity index (χ0v) is 13.9. The van der Waals surface area contributed by atoms with E-state index in [0.29, 0.717) is 24.8 Å². The van der Waals surface area contributed by atoms with Crippen molar-refractivity contribution in [2.75, 3.05) is 11.4 Å². The van der Waals surface area contributed by atoms with Gasteiger partial charge in [-0.05, 0) is 43.9 Å². The Hall–Kier alpha value is -2.21. The molecule has 2 fully saturated rings. The number of amides is 1. The van der Waals surface area contributed by atoms with Crippen molar-refractivity contribution in [2.24, 2.45) is 0 Å². The third-order valence-corrected chi connectivity index (χ3v) is 4.75. The topological polar surface area (TPSA) is 71.3 Å². The Labute approximate surface area is 141 Å². The number of carbonyl (C=O) groups is 1. The summed E-state index contributed by atoms with van der Waals surface area (Å²) in [6.45, 7) is 3.49. The number of carbonyl (C=O) groups excluding carboxylic acids is 1. The van der Waals surface area contributed by atoms with Crippen LogP contribution < -0.4 is 10.2 Å². The van der Waals surface area contributed by atoms with Crippen LogP contribution in [0.4, 0.5) is 5.69 Å². The summed E-state index contributed by atoms with van der Waals surface area (Å²) >= 11 is 0. The number of rotatable bonds is 6. The average molecular weight is 326 g/mol. The van der Waals surface area contributed by atoms with E-state index in [1.54, 1.807) is 0 Å². The lowest BCUT2D eigenvalue weighted by Crippen LogP contribution is -2.23. The normalized spacial score (nSPS) is 19.0. The Morgan fingerprint density at radius 3 is 2.75 bits per heavy atom. The molecule has 1 saturated carbocycles. The van der Waals surface area contributed by atoms with E-state index < -0.39 is 0 Å². The monoisotopic (exact) mass is 326 g/mol. The van der Waals surface area contributed by atoms with Gasteiger partial charge in [-0.1, -0.05) is 12.1 Å². The van der Waals surface area contributed by atoms with Crippen LogP contribution in [-0.4, -0.2) is 22.6 Å². The number of anilines is 1. The zero-order chi connectivity index (χ0) is 16.5. The first-order valence-corrected chi connectivity index (χ1v) is 8.66. The first-order valence-electron chi connectivity index (χ1n) is 8.66. The van der Waals surface area contributed by atoms with E-state index in [-0.39, 0.29) is 11.9 Å². The third-order valence-electron chi connectivity index (χ3n) is 4.75. The lowest BCUT2D eigenvalue weighted by atomic mass is 10.1. The molecule has 1 aliphatic heterocycles. The van der Waals surface area contributed by atoms with Gasteiger partial charge >= 0.3 is 0 Å². The molecule has 1 aromatic heterocycles. The molecular formula is C18H22N4O2. The quantitative estimate of drug-likeness (QED) is 0.884. The van der Waals surface area contributed by atoms with Gasteiger partial charge < -0.3 is 14.6 Å². The summed E-state index contributed by atoms with van der Waals surface area (Å²) < 4.78 is 5.66. The third kappa shape index (κ3) is 3.19. The van der Waals surface area contributed by atoms with Crippen LogP contribution in [0, 0.1) is 0 Å². The van der Waals surface area contributed by atoms with Crippen molar-refractivity contribution in [1.82, 2.24) is 15.5 Å². The van der Waals surface area contributed by atoms with Crippen molar-refractivity contribution in [3.63, 3.8) is 0 Å². The number of aromatic nitrogens is 2. The van der Waals surface area contributed by atoms with E-state index in [1.807, 2.05) is 17.0 Å². The first kappa shape index (κ1) is 15.3. The van der Waals surface area contributed by atoms with Gasteiger partial charge in [0.2, 0.25) is 17.7 Å². The fraction of sp³-hybridized carbons (Fsp3) is 0.500. The van der Waals surface area contributed by atoms with Crippen LogP contribution in [0.5, 0.6) is 0 Å². The molecule has 0 spiro atoms. The van der Waals surface area contributed by atoms with E-state index >= 15 is 0 Å². The molecule has 4 rings (SSSR count). The summed E-state index contributed by atoms with van der Waals surface area (Å²) in [5.41, 5.74) is 2.16. The highest BCUT2D eigenvalue weighted by Gasteiger charge is 2.29. The van der Waals surface area contributed by atoms with Crippen LogP contribution in [0.2, 0.25) is 0 Å². The highest BCUT2D eigenvalue weighted by Crippen LogP contribution is 2.39. The van der Waals surface area contributed by atoms with Crippen molar-refractivity contribution < 1.29 is 9.21 Å². The molecule has 6 nitrogen and oxygen atoms in total. The fourth-order valence-corrected chi connectivity index (χ4v) is 3.06. The minimum Gasteiger partial charge on any atom is -0.424 e. The molecule has 2 aliphatic rings. The standard InChI is InChI=1S/C18H22N4O2/c1-12(19-11-16-20-21-18(24-16)14-4-5-14)13-6-8-15(9-7-13)22-10-2-3-17(22)23/h6-9,12,14,19H,2-5,10-11H2,1H3/t12-/m0/s1. The maximum Gasteiger partial charge on any atom is 0.230 e. The number of hydrogen-bond acceptors (Lipinski definition) is 5. The highest BCUT2D eigenvalue weighted by atomic mass is 16.4. The van der Waals surface area contributed by atoms with Gasteiger partial charge in [-0.25, -0.2) is 0 Å². The van der Waals surface area contributed by atoms with Crippen LogP contribution >= 0.6 is 0 Å². The molecule has 0 unspecified atom stereocenters. The highest BCUT2D eigenvalue weighted by molar-refractivity contribution is 5.95. The molecule has 1 saturated heterocycles. The summed E-state index contributed by atoms with van der Waals surface area (Å²) in [6.07, 6.45) is 3.94. The molecule has 2 heterocycles. The van der Waals surface area contributed by atoms with E-state index in [0.717, 1.165) is 37.4 Å². The minimum atomic E-state index is 0.171. The lowest BCUT2D eigenvalue weighted by Gasteiger charge is -2.18. The molecule has 1 amide bonds. The molecule has 1 aliphatic carbocycles. The molecule has 126 valence electrons. The molecule has 2 aromatic rings. The molecule has 24 heavy (non-hydrogen) atoms. The van der Waals surface area contributed by atoms with E-state index in [4.69, 9.17) is 4.42 Å². The summed E-state index contributed by atoms with van der Waals surface area (Å²) in [5, 5.41) is 11.6.